The first-order valence-corrected chi connectivity index (χ1v) is 5.15. The van der Waals surface area contributed by atoms with Crippen LogP contribution in [0.2, 0.25) is 0 Å². The number of nitrogens with zero attached hydrogens (tertiary/aromatic N) is 1. The summed E-state index contributed by atoms with van der Waals surface area (Å²) in [4.78, 5) is 0. The Morgan fingerprint density at radius 1 is 1.53 bits per heavy atom. The van der Waals surface area contributed by atoms with Gasteiger partial charge in [0.15, 0.2) is 11.6 Å². The predicted molar refractivity (Wildman–Crippen MR) is 59.1 cm³/mol. The van der Waals surface area contributed by atoms with E-state index in [1.165, 1.54) is 12.1 Å². The lowest BCUT2D eigenvalue weighted by molar-refractivity contribution is 0.191. The fourth-order valence-electron chi connectivity index (χ4n) is 1.30. The Kier molecular flexibility index (Phi) is 4.68. The number of benzene rings is 1. The third-order valence-electron chi connectivity index (χ3n) is 2.23. The van der Waals surface area contributed by atoms with Crippen molar-refractivity contribution in [1.29, 1.82) is 0 Å². The van der Waals surface area contributed by atoms with Crippen molar-refractivity contribution in [3.8, 4) is 5.75 Å². The molecular weight excluding hydrogens is 230 g/mol. The number of amidine groups is 1. The second-order valence-corrected chi connectivity index (χ2v) is 3.50. The van der Waals surface area contributed by atoms with Crippen LogP contribution in [0, 0.1) is 11.6 Å². The predicted octanol–water partition coefficient (Wildman–Crippen LogP) is 2.26. The topological polar surface area (TPSA) is 67.8 Å². The minimum absolute atomic E-state index is 0.0198. The lowest BCUT2D eigenvalue weighted by atomic mass is 10.2. The molecular formula is C11H14F2N2O2. The van der Waals surface area contributed by atoms with E-state index >= 15 is 0 Å². The average molecular weight is 244 g/mol. The molecule has 4 nitrogen and oxygen atoms in total. The van der Waals surface area contributed by atoms with E-state index in [2.05, 4.69) is 5.16 Å². The molecule has 94 valence electrons. The Bertz CT molecular complexity index is 410. The quantitative estimate of drug-likeness (QED) is 0.361. The maximum Gasteiger partial charge on any atom is 0.200 e. The summed E-state index contributed by atoms with van der Waals surface area (Å²) in [5.41, 5.74) is 5.32. The molecule has 0 amide bonds. The zero-order valence-electron chi connectivity index (χ0n) is 9.36. The maximum atomic E-state index is 13.3. The van der Waals surface area contributed by atoms with Gasteiger partial charge in [0.1, 0.15) is 11.9 Å². The molecule has 3 N–H and O–H groups in total. The van der Waals surface area contributed by atoms with Gasteiger partial charge in [-0.2, -0.15) is 4.39 Å². The van der Waals surface area contributed by atoms with Crippen molar-refractivity contribution in [2.75, 3.05) is 0 Å². The Labute approximate surface area is 97.7 Å². The Morgan fingerprint density at radius 2 is 2.24 bits per heavy atom. The van der Waals surface area contributed by atoms with Crippen molar-refractivity contribution < 1.29 is 18.7 Å². The van der Waals surface area contributed by atoms with E-state index < -0.39 is 17.7 Å². The molecule has 0 fully saturated rings. The first-order chi connectivity index (χ1) is 8.08. The SMILES string of the molecule is CCC(CC(N)=NO)Oc1cccc(F)c1F. The van der Waals surface area contributed by atoms with Gasteiger partial charge in [0.25, 0.3) is 0 Å². The number of ether oxygens (including phenoxy) is 1. The van der Waals surface area contributed by atoms with E-state index in [1.807, 2.05) is 0 Å². The van der Waals surface area contributed by atoms with Crippen LogP contribution in [0.3, 0.4) is 0 Å². The Morgan fingerprint density at radius 3 is 2.82 bits per heavy atom. The highest BCUT2D eigenvalue weighted by Crippen LogP contribution is 2.21. The smallest absolute Gasteiger partial charge is 0.200 e. The Balaban J connectivity index is 2.77. The summed E-state index contributed by atoms with van der Waals surface area (Å²) in [6.07, 6.45) is 0.192. The van der Waals surface area contributed by atoms with E-state index in [-0.39, 0.29) is 18.0 Å². The summed E-state index contributed by atoms with van der Waals surface area (Å²) in [6, 6.07) is 3.68. The molecule has 0 aromatic heterocycles. The maximum absolute atomic E-state index is 13.3. The molecule has 1 rings (SSSR count). The second-order valence-electron chi connectivity index (χ2n) is 3.50. The van der Waals surface area contributed by atoms with Gasteiger partial charge >= 0.3 is 0 Å². The van der Waals surface area contributed by atoms with Crippen LogP contribution in [0.15, 0.2) is 23.4 Å². The zero-order chi connectivity index (χ0) is 12.8. The van der Waals surface area contributed by atoms with E-state index in [4.69, 9.17) is 15.7 Å². The normalized spacial score (nSPS) is 13.5. The van der Waals surface area contributed by atoms with Gasteiger partial charge in [-0.15, -0.1) is 0 Å². The van der Waals surface area contributed by atoms with Crippen LogP contribution in [0.1, 0.15) is 19.8 Å². The van der Waals surface area contributed by atoms with Gasteiger partial charge in [0.2, 0.25) is 5.82 Å². The first kappa shape index (κ1) is 13.2. The molecule has 0 saturated heterocycles. The number of hydrogen-bond acceptors (Lipinski definition) is 3. The summed E-state index contributed by atoms with van der Waals surface area (Å²) < 4.78 is 31.5. The van der Waals surface area contributed by atoms with Crippen molar-refractivity contribution in [2.45, 2.75) is 25.9 Å². The van der Waals surface area contributed by atoms with Crippen LogP contribution in [0.25, 0.3) is 0 Å². The molecule has 0 saturated carbocycles. The summed E-state index contributed by atoms with van der Waals surface area (Å²) >= 11 is 0. The third-order valence-corrected chi connectivity index (χ3v) is 2.23. The third kappa shape index (κ3) is 3.58. The molecule has 1 unspecified atom stereocenters. The van der Waals surface area contributed by atoms with Crippen LogP contribution in [0.4, 0.5) is 8.78 Å². The summed E-state index contributed by atoms with van der Waals surface area (Å²) in [7, 11) is 0. The number of oxime groups is 1. The van der Waals surface area contributed by atoms with Crippen molar-refractivity contribution in [3.63, 3.8) is 0 Å². The van der Waals surface area contributed by atoms with E-state index in [9.17, 15) is 8.78 Å². The Hall–Kier alpha value is -1.85. The highest BCUT2D eigenvalue weighted by atomic mass is 19.2. The largest absolute Gasteiger partial charge is 0.487 e. The zero-order valence-corrected chi connectivity index (χ0v) is 9.36. The van der Waals surface area contributed by atoms with Crippen LogP contribution in [-0.2, 0) is 0 Å². The molecule has 0 aliphatic heterocycles. The first-order valence-electron chi connectivity index (χ1n) is 5.15. The van der Waals surface area contributed by atoms with Crippen LogP contribution in [-0.4, -0.2) is 17.1 Å². The molecule has 0 bridgehead atoms. The number of nitrogens with two attached hydrogens (primary N) is 1. The van der Waals surface area contributed by atoms with Crippen molar-refractivity contribution >= 4 is 5.84 Å². The van der Waals surface area contributed by atoms with E-state index in [1.54, 1.807) is 6.92 Å². The van der Waals surface area contributed by atoms with Gasteiger partial charge in [-0.1, -0.05) is 18.1 Å². The molecule has 0 aliphatic rings. The number of rotatable bonds is 5. The molecule has 1 atom stereocenters. The van der Waals surface area contributed by atoms with Gasteiger partial charge in [-0.05, 0) is 18.6 Å². The van der Waals surface area contributed by atoms with Crippen molar-refractivity contribution in [3.05, 3.63) is 29.8 Å². The van der Waals surface area contributed by atoms with Gasteiger partial charge < -0.3 is 15.7 Å². The van der Waals surface area contributed by atoms with Crippen LogP contribution < -0.4 is 10.5 Å². The number of hydrogen-bond donors (Lipinski definition) is 2. The monoisotopic (exact) mass is 244 g/mol. The van der Waals surface area contributed by atoms with Crippen LogP contribution >= 0.6 is 0 Å². The minimum atomic E-state index is -1.04. The van der Waals surface area contributed by atoms with E-state index in [0.29, 0.717) is 6.42 Å². The van der Waals surface area contributed by atoms with Crippen LogP contribution in [0.5, 0.6) is 5.75 Å². The molecule has 17 heavy (non-hydrogen) atoms. The van der Waals surface area contributed by atoms with Crippen molar-refractivity contribution in [2.24, 2.45) is 10.9 Å². The van der Waals surface area contributed by atoms with Gasteiger partial charge in [-0.25, -0.2) is 4.39 Å². The highest BCUT2D eigenvalue weighted by Gasteiger charge is 2.15. The molecule has 1 aromatic carbocycles. The van der Waals surface area contributed by atoms with Gasteiger partial charge in [0.05, 0.1) is 0 Å². The lowest BCUT2D eigenvalue weighted by Crippen LogP contribution is -2.25. The molecule has 1 aromatic rings. The fourth-order valence-corrected chi connectivity index (χ4v) is 1.30. The molecule has 0 heterocycles. The molecule has 0 aliphatic carbocycles. The van der Waals surface area contributed by atoms with Gasteiger partial charge in [-0.3, -0.25) is 0 Å². The van der Waals surface area contributed by atoms with Crippen molar-refractivity contribution in [1.82, 2.24) is 0 Å². The second kappa shape index (κ2) is 6.03. The molecule has 6 heteroatoms. The summed E-state index contributed by atoms with van der Waals surface area (Å²) in [5, 5.41) is 11.2. The summed E-state index contributed by atoms with van der Waals surface area (Å²) in [5.74, 6) is -2.21. The summed E-state index contributed by atoms with van der Waals surface area (Å²) in [6.45, 7) is 1.80. The number of halogens is 2. The highest BCUT2D eigenvalue weighted by molar-refractivity contribution is 5.80. The van der Waals surface area contributed by atoms with Gasteiger partial charge in [0, 0.05) is 6.42 Å². The standard InChI is InChI=1S/C11H14F2N2O2/c1-2-7(6-10(14)15-16)17-9-5-3-4-8(12)11(9)13/h3-5,7,16H,2,6H2,1H3,(H2,14,15). The van der Waals surface area contributed by atoms with E-state index in [0.717, 1.165) is 6.07 Å². The average Bonchev–Trinajstić information content (AvgIpc) is 2.33. The lowest BCUT2D eigenvalue weighted by Gasteiger charge is -2.17. The molecule has 0 spiro atoms. The fraction of sp³-hybridized carbons (Fsp3) is 0.364. The minimum Gasteiger partial charge on any atom is -0.487 e. The molecule has 0 radical (unpaired) electrons.